The van der Waals surface area contributed by atoms with E-state index >= 15 is 0 Å². The van der Waals surface area contributed by atoms with Crippen LogP contribution in [0.1, 0.15) is 10.4 Å². The van der Waals surface area contributed by atoms with Crippen LogP contribution in [0.15, 0.2) is 54.6 Å². The smallest absolute Gasteiger partial charge is 0.406 e. The molecule has 5 nitrogen and oxygen atoms in total. The molecule has 2 N–H and O–H groups in total. The number of hydrogen-bond acceptors (Lipinski definition) is 3. The van der Waals surface area contributed by atoms with E-state index in [2.05, 4.69) is 20.3 Å². The molecule has 3 aromatic carbocycles. The molecule has 0 radical (unpaired) electrons. The minimum atomic E-state index is -4.80. The first-order valence-electron chi connectivity index (χ1n) is 8.91. The Bertz CT molecular complexity index is 1320. The molecule has 4 aromatic rings. The van der Waals surface area contributed by atoms with Crippen LogP contribution in [0.2, 0.25) is 0 Å². The molecular formula is C21H11F6N3O2. The highest BCUT2D eigenvalue weighted by Crippen LogP contribution is 2.30. The maximum Gasteiger partial charge on any atom is 0.573 e. The van der Waals surface area contributed by atoms with Crippen LogP contribution >= 0.6 is 0 Å². The van der Waals surface area contributed by atoms with Crippen molar-refractivity contribution in [3.05, 3.63) is 77.6 Å². The van der Waals surface area contributed by atoms with Crippen molar-refractivity contribution in [2.45, 2.75) is 6.36 Å². The van der Waals surface area contributed by atoms with Crippen molar-refractivity contribution in [1.82, 2.24) is 10.2 Å². The highest BCUT2D eigenvalue weighted by atomic mass is 19.4. The molecule has 0 bridgehead atoms. The molecule has 0 fully saturated rings. The molecule has 0 saturated heterocycles. The van der Waals surface area contributed by atoms with Crippen LogP contribution in [0.5, 0.6) is 5.75 Å². The zero-order valence-corrected chi connectivity index (χ0v) is 15.7. The molecule has 1 heterocycles. The Balaban J connectivity index is 1.59. The Labute approximate surface area is 175 Å². The van der Waals surface area contributed by atoms with Crippen LogP contribution in [-0.2, 0) is 0 Å². The first-order valence-corrected chi connectivity index (χ1v) is 8.91. The van der Waals surface area contributed by atoms with Crippen LogP contribution in [0, 0.1) is 17.5 Å². The zero-order valence-electron chi connectivity index (χ0n) is 15.7. The summed E-state index contributed by atoms with van der Waals surface area (Å²) in [6.07, 6.45) is -4.80. The summed E-state index contributed by atoms with van der Waals surface area (Å²) < 4.78 is 81.7. The topological polar surface area (TPSA) is 67.0 Å². The van der Waals surface area contributed by atoms with Crippen molar-refractivity contribution >= 4 is 22.6 Å². The van der Waals surface area contributed by atoms with Gasteiger partial charge in [-0.1, -0.05) is 18.2 Å². The number of benzene rings is 3. The number of carbonyl (C=O) groups is 1. The van der Waals surface area contributed by atoms with Gasteiger partial charge in [-0.2, -0.15) is 5.10 Å². The third-order valence-corrected chi connectivity index (χ3v) is 4.49. The van der Waals surface area contributed by atoms with Gasteiger partial charge in [-0.3, -0.25) is 9.89 Å². The van der Waals surface area contributed by atoms with Gasteiger partial charge in [-0.25, -0.2) is 13.2 Å². The molecule has 164 valence electrons. The summed E-state index contributed by atoms with van der Waals surface area (Å²) in [5.74, 6) is -5.87. The van der Waals surface area contributed by atoms with E-state index in [1.165, 1.54) is 12.1 Å². The second kappa shape index (κ2) is 7.91. The third-order valence-electron chi connectivity index (χ3n) is 4.49. The first-order chi connectivity index (χ1) is 15.1. The third kappa shape index (κ3) is 4.22. The zero-order chi connectivity index (χ0) is 23.0. The maximum atomic E-state index is 13.8. The molecule has 1 aromatic heterocycles. The number of anilines is 1. The predicted octanol–water partition coefficient (Wildman–Crippen LogP) is 5.80. The number of hydrogen-bond donors (Lipinski definition) is 2. The predicted molar refractivity (Wildman–Crippen MR) is 102 cm³/mol. The average molecular weight is 451 g/mol. The summed E-state index contributed by atoms with van der Waals surface area (Å²) in [7, 11) is 0. The Morgan fingerprint density at radius 3 is 2.25 bits per heavy atom. The van der Waals surface area contributed by atoms with Crippen molar-refractivity contribution in [2.75, 3.05) is 5.32 Å². The molecule has 0 saturated carbocycles. The van der Waals surface area contributed by atoms with Crippen LogP contribution in [0.4, 0.5) is 32.2 Å². The number of carbonyl (C=O) groups excluding carboxylic acids is 1. The van der Waals surface area contributed by atoms with Crippen molar-refractivity contribution in [3.8, 4) is 16.9 Å². The second-order valence-corrected chi connectivity index (χ2v) is 6.58. The van der Waals surface area contributed by atoms with Crippen molar-refractivity contribution < 1.29 is 35.9 Å². The maximum absolute atomic E-state index is 13.8. The van der Waals surface area contributed by atoms with Gasteiger partial charge >= 0.3 is 6.36 Å². The summed E-state index contributed by atoms with van der Waals surface area (Å²) in [6.45, 7) is 0. The number of amides is 1. The number of fused-ring (bicyclic) bond motifs is 1. The molecule has 0 unspecified atom stereocenters. The number of ether oxygens (including phenoxy) is 1. The number of H-pyrrole nitrogens is 1. The van der Waals surface area contributed by atoms with E-state index in [1.807, 2.05) is 0 Å². The lowest BCUT2D eigenvalue weighted by molar-refractivity contribution is -0.274. The van der Waals surface area contributed by atoms with Gasteiger partial charge < -0.3 is 10.1 Å². The molecule has 11 heteroatoms. The summed E-state index contributed by atoms with van der Waals surface area (Å²) in [5.41, 5.74) is 0.526. The Morgan fingerprint density at radius 2 is 1.56 bits per heavy atom. The van der Waals surface area contributed by atoms with Gasteiger partial charge in [0.15, 0.2) is 17.5 Å². The minimum Gasteiger partial charge on any atom is -0.406 e. The quantitative estimate of drug-likeness (QED) is 0.305. The molecule has 0 aliphatic carbocycles. The molecule has 0 spiro atoms. The minimum absolute atomic E-state index is 0.0477. The average Bonchev–Trinajstić information content (AvgIpc) is 3.12. The Hall–Kier alpha value is -4.02. The fraction of sp³-hybridized carbons (Fsp3) is 0.0476. The second-order valence-electron chi connectivity index (χ2n) is 6.58. The van der Waals surface area contributed by atoms with Gasteiger partial charge in [0.25, 0.3) is 5.91 Å². The van der Waals surface area contributed by atoms with Gasteiger partial charge in [-0.15, -0.1) is 13.2 Å². The Kier molecular flexibility index (Phi) is 5.25. The number of nitrogens with one attached hydrogen (secondary N) is 2. The summed E-state index contributed by atoms with van der Waals surface area (Å²) in [6, 6.07) is 11.1. The molecule has 0 atom stereocenters. The van der Waals surface area contributed by atoms with Gasteiger partial charge in [-0.05, 0) is 47.5 Å². The van der Waals surface area contributed by atoms with Crippen molar-refractivity contribution in [2.24, 2.45) is 0 Å². The van der Waals surface area contributed by atoms with Crippen LogP contribution in [0.3, 0.4) is 0 Å². The molecule has 0 aliphatic heterocycles. The normalized spacial score (nSPS) is 11.6. The van der Waals surface area contributed by atoms with Gasteiger partial charge in [0.2, 0.25) is 0 Å². The lowest BCUT2D eigenvalue weighted by Crippen LogP contribution is -2.17. The van der Waals surface area contributed by atoms with E-state index in [-0.39, 0.29) is 11.6 Å². The first kappa shape index (κ1) is 21.2. The standard InChI is InChI=1S/C21H11F6N3O2/c22-14-7-8-15(23)18(24)17(14)20(31)28-19-13-6-3-11(9-16(13)29-30-19)10-1-4-12(5-2-10)32-21(25,26)27/h1-9H,(H2,28,29,30,31). The SMILES string of the molecule is O=C(Nc1n[nH]c2cc(-c3ccc(OC(F)(F)F)cc3)ccc12)c1c(F)ccc(F)c1F. The van der Waals surface area contributed by atoms with E-state index in [9.17, 15) is 31.1 Å². The van der Waals surface area contributed by atoms with Crippen molar-refractivity contribution in [1.29, 1.82) is 0 Å². The highest BCUT2D eigenvalue weighted by molar-refractivity contribution is 6.08. The van der Waals surface area contributed by atoms with E-state index < -0.39 is 35.3 Å². The number of aromatic nitrogens is 2. The van der Waals surface area contributed by atoms with Gasteiger partial charge in [0, 0.05) is 5.39 Å². The lowest BCUT2D eigenvalue weighted by atomic mass is 10.0. The highest BCUT2D eigenvalue weighted by Gasteiger charge is 2.31. The molecular weight excluding hydrogens is 440 g/mol. The van der Waals surface area contributed by atoms with E-state index in [0.29, 0.717) is 34.2 Å². The largest absolute Gasteiger partial charge is 0.573 e. The molecule has 4 rings (SSSR count). The molecule has 1 amide bonds. The number of aromatic amines is 1. The van der Waals surface area contributed by atoms with E-state index in [1.54, 1.807) is 18.2 Å². The van der Waals surface area contributed by atoms with Crippen LogP contribution in [-0.4, -0.2) is 22.5 Å². The number of rotatable bonds is 4. The lowest BCUT2D eigenvalue weighted by Gasteiger charge is -2.09. The summed E-state index contributed by atoms with van der Waals surface area (Å²) in [4.78, 5) is 12.3. The van der Waals surface area contributed by atoms with Crippen molar-refractivity contribution in [3.63, 3.8) is 0 Å². The molecule has 0 aliphatic rings. The monoisotopic (exact) mass is 451 g/mol. The fourth-order valence-corrected chi connectivity index (χ4v) is 3.05. The molecule has 32 heavy (non-hydrogen) atoms. The Morgan fingerprint density at radius 1 is 0.906 bits per heavy atom. The summed E-state index contributed by atoms with van der Waals surface area (Å²) >= 11 is 0. The van der Waals surface area contributed by atoms with E-state index in [4.69, 9.17) is 0 Å². The van der Waals surface area contributed by atoms with Gasteiger partial charge in [0.05, 0.1) is 5.52 Å². The van der Waals surface area contributed by atoms with Crippen LogP contribution < -0.4 is 10.1 Å². The summed E-state index contributed by atoms with van der Waals surface area (Å²) in [5, 5.41) is 9.14. The number of halogens is 6. The van der Waals surface area contributed by atoms with Crippen LogP contribution in [0.25, 0.3) is 22.0 Å². The number of nitrogens with zero attached hydrogens (tertiary/aromatic N) is 1. The van der Waals surface area contributed by atoms with E-state index in [0.717, 1.165) is 12.1 Å². The number of alkyl halides is 3. The fourth-order valence-electron chi connectivity index (χ4n) is 3.05. The van der Waals surface area contributed by atoms with Gasteiger partial charge in [0.1, 0.15) is 17.1 Å².